The van der Waals surface area contributed by atoms with Crippen LogP contribution in [0.25, 0.3) is 11.5 Å². The molecular weight excluding hydrogens is 336 g/mol. The highest BCUT2D eigenvalue weighted by molar-refractivity contribution is 7.99. The molecular formula is C15H19ClN4O2S. The largest absolute Gasteiger partial charge is 0.334 e. The monoisotopic (exact) mass is 354 g/mol. The van der Waals surface area contributed by atoms with Crippen molar-refractivity contribution in [2.75, 3.05) is 18.1 Å². The summed E-state index contributed by atoms with van der Waals surface area (Å²) in [7, 11) is 1.90. The normalized spacial score (nSPS) is 15.1. The Kier molecular flexibility index (Phi) is 6.04. The molecule has 23 heavy (non-hydrogen) atoms. The number of nitrogens with one attached hydrogen (secondary N) is 2. The van der Waals surface area contributed by atoms with E-state index in [0.717, 1.165) is 21.9 Å². The van der Waals surface area contributed by atoms with Gasteiger partial charge in [-0.3, -0.25) is 4.79 Å². The van der Waals surface area contributed by atoms with Gasteiger partial charge in [0.15, 0.2) is 5.82 Å². The standard InChI is InChI=1S/C15H18N4O2S.ClH/c1-9(16-2)7-13-18-15(21-19-13)10-3-4-12-11(8-10)17-14(20)5-6-22-12;/h3-4,8-9,16H,5-7H2,1-2H3,(H,17,20);1H. The Bertz CT molecular complexity index is 692. The molecule has 1 aliphatic heterocycles. The van der Waals surface area contributed by atoms with E-state index in [1.54, 1.807) is 11.8 Å². The van der Waals surface area contributed by atoms with E-state index in [1.807, 2.05) is 25.2 Å². The molecule has 1 atom stereocenters. The average Bonchev–Trinajstić information content (AvgIpc) is 2.88. The van der Waals surface area contributed by atoms with Crippen molar-refractivity contribution in [2.45, 2.75) is 30.7 Å². The van der Waals surface area contributed by atoms with Gasteiger partial charge in [-0.15, -0.1) is 24.2 Å². The second-order valence-corrected chi connectivity index (χ2v) is 6.40. The molecule has 0 bridgehead atoms. The first-order valence-corrected chi connectivity index (χ1v) is 8.21. The quantitative estimate of drug-likeness (QED) is 0.878. The molecule has 1 aromatic carbocycles. The van der Waals surface area contributed by atoms with Gasteiger partial charge in [0, 0.05) is 35.1 Å². The van der Waals surface area contributed by atoms with E-state index < -0.39 is 0 Å². The van der Waals surface area contributed by atoms with E-state index in [2.05, 4.69) is 27.7 Å². The number of carbonyl (C=O) groups excluding carboxylic acids is 1. The summed E-state index contributed by atoms with van der Waals surface area (Å²) in [5, 5.41) is 10.1. The molecule has 2 aromatic rings. The first-order chi connectivity index (χ1) is 10.7. The minimum absolute atomic E-state index is 0. The van der Waals surface area contributed by atoms with Gasteiger partial charge in [0.05, 0.1) is 5.69 Å². The molecule has 0 fully saturated rings. The molecule has 2 N–H and O–H groups in total. The van der Waals surface area contributed by atoms with Crippen LogP contribution in [0.4, 0.5) is 5.69 Å². The lowest BCUT2D eigenvalue weighted by atomic mass is 10.2. The van der Waals surface area contributed by atoms with Crippen LogP contribution in [-0.4, -0.2) is 34.9 Å². The second-order valence-electron chi connectivity index (χ2n) is 5.27. The summed E-state index contributed by atoms with van der Waals surface area (Å²) in [5.41, 5.74) is 1.63. The molecule has 0 saturated carbocycles. The van der Waals surface area contributed by atoms with Gasteiger partial charge >= 0.3 is 0 Å². The number of carbonyl (C=O) groups is 1. The zero-order valence-electron chi connectivity index (χ0n) is 13.0. The topological polar surface area (TPSA) is 80.0 Å². The van der Waals surface area contributed by atoms with Crippen LogP contribution < -0.4 is 10.6 Å². The number of aromatic nitrogens is 2. The minimum atomic E-state index is 0. The highest BCUT2D eigenvalue weighted by Crippen LogP contribution is 2.33. The number of rotatable bonds is 4. The Morgan fingerprint density at radius 3 is 3.09 bits per heavy atom. The summed E-state index contributed by atoms with van der Waals surface area (Å²) in [6, 6.07) is 6.11. The molecule has 1 aliphatic rings. The maximum atomic E-state index is 11.7. The summed E-state index contributed by atoms with van der Waals surface area (Å²) in [6.07, 6.45) is 1.23. The first-order valence-electron chi connectivity index (χ1n) is 7.22. The number of anilines is 1. The van der Waals surface area contributed by atoms with Crippen LogP contribution in [0.5, 0.6) is 0 Å². The number of thioether (sulfide) groups is 1. The van der Waals surface area contributed by atoms with E-state index in [9.17, 15) is 4.79 Å². The van der Waals surface area contributed by atoms with Crippen LogP contribution in [0.15, 0.2) is 27.6 Å². The van der Waals surface area contributed by atoms with Gasteiger partial charge in [-0.2, -0.15) is 4.98 Å². The predicted molar refractivity (Wildman–Crippen MR) is 93.2 cm³/mol. The van der Waals surface area contributed by atoms with Crippen molar-refractivity contribution in [2.24, 2.45) is 0 Å². The van der Waals surface area contributed by atoms with E-state index in [1.165, 1.54) is 0 Å². The summed E-state index contributed by atoms with van der Waals surface area (Å²) in [5.74, 6) is 1.98. The third kappa shape index (κ3) is 4.25. The molecule has 8 heteroatoms. The highest BCUT2D eigenvalue weighted by atomic mass is 35.5. The summed E-state index contributed by atoms with van der Waals surface area (Å²) in [6.45, 7) is 2.06. The molecule has 1 unspecified atom stereocenters. The first kappa shape index (κ1) is 17.8. The molecule has 6 nitrogen and oxygen atoms in total. The van der Waals surface area contributed by atoms with Crippen molar-refractivity contribution < 1.29 is 9.32 Å². The van der Waals surface area contributed by atoms with Gasteiger partial charge in [0.25, 0.3) is 5.89 Å². The maximum Gasteiger partial charge on any atom is 0.257 e. The van der Waals surface area contributed by atoms with E-state index >= 15 is 0 Å². The maximum absolute atomic E-state index is 11.7. The fraction of sp³-hybridized carbons (Fsp3) is 0.400. The van der Waals surface area contributed by atoms with Gasteiger partial charge in [-0.05, 0) is 32.2 Å². The van der Waals surface area contributed by atoms with Gasteiger partial charge in [-0.1, -0.05) is 5.16 Å². The van der Waals surface area contributed by atoms with Crippen LogP contribution in [0, 0.1) is 0 Å². The third-order valence-corrected chi connectivity index (χ3v) is 4.61. The molecule has 124 valence electrons. The molecule has 1 aromatic heterocycles. The summed E-state index contributed by atoms with van der Waals surface area (Å²) >= 11 is 1.68. The fourth-order valence-electron chi connectivity index (χ4n) is 2.18. The number of hydrogen-bond acceptors (Lipinski definition) is 6. The molecule has 1 amide bonds. The van der Waals surface area contributed by atoms with Crippen LogP contribution in [0.1, 0.15) is 19.2 Å². The number of likely N-dealkylation sites (N-methyl/N-ethyl adjacent to an activating group) is 1. The van der Waals surface area contributed by atoms with Crippen LogP contribution in [0.3, 0.4) is 0 Å². The van der Waals surface area contributed by atoms with Gasteiger partial charge < -0.3 is 15.2 Å². The number of nitrogens with zero attached hydrogens (tertiary/aromatic N) is 2. The molecule has 2 heterocycles. The zero-order valence-corrected chi connectivity index (χ0v) is 14.6. The molecule has 0 saturated heterocycles. The number of fused-ring (bicyclic) bond motifs is 1. The van der Waals surface area contributed by atoms with Crippen molar-refractivity contribution in [3.63, 3.8) is 0 Å². The van der Waals surface area contributed by atoms with E-state index in [0.29, 0.717) is 24.6 Å². The van der Waals surface area contributed by atoms with Gasteiger partial charge in [0.2, 0.25) is 5.91 Å². The van der Waals surface area contributed by atoms with Crippen molar-refractivity contribution >= 4 is 35.8 Å². The van der Waals surface area contributed by atoms with Crippen molar-refractivity contribution in [1.29, 1.82) is 0 Å². The predicted octanol–water partition coefficient (Wildman–Crippen LogP) is 2.74. The fourth-order valence-corrected chi connectivity index (χ4v) is 3.12. The Morgan fingerprint density at radius 2 is 2.30 bits per heavy atom. The van der Waals surface area contributed by atoms with Crippen LogP contribution in [0.2, 0.25) is 0 Å². The average molecular weight is 355 g/mol. The van der Waals surface area contributed by atoms with E-state index in [4.69, 9.17) is 4.52 Å². The Balaban J connectivity index is 0.00000192. The number of halogens is 1. The summed E-state index contributed by atoms with van der Waals surface area (Å²) in [4.78, 5) is 17.2. The highest BCUT2D eigenvalue weighted by Gasteiger charge is 2.16. The molecule has 0 radical (unpaired) electrons. The minimum Gasteiger partial charge on any atom is -0.334 e. The zero-order chi connectivity index (χ0) is 15.5. The second kappa shape index (κ2) is 7.81. The Labute approximate surface area is 145 Å². The van der Waals surface area contributed by atoms with Crippen molar-refractivity contribution in [3.8, 4) is 11.5 Å². The number of hydrogen-bond donors (Lipinski definition) is 2. The molecule has 0 aliphatic carbocycles. The smallest absolute Gasteiger partial charge is 0.257 e. The van der Waals surface area contributed by atoms with Crippen LogP contribution in [-0.2, 0) is 11.2 Å². The van der Waals surface area contributed by atoms with Crippen LogP contribution >= 0.6 is 24.2 Å². The lowest BCUT2D eigenvalue weighted by molar-refractivity contribution is -0.115. The van der Waals surface area contributed by atoms with Gasteiger partial charge in [0.1, 0.15) is 0 Å². The van der Waals surface area contributed by atoms with E-state index in [-0.39, 0.29) is 24.4 Å². The Hall–Kier alpha value is -1.57. The molecule has 0 spiro atoms. The molecule has 3 rings (SSSR count). The summed E-state index contributed by atoms with van der Waals surface area (Å²) < 4.78 is 5.34. The van der Waals surface area contributed by atoms with Crippen molar-refractivity contribution in [3.05, 3.63) is 24.0 Å². The number of benzene rings is 1. The lowest BCUT2D eigenvalue weighted by Crippen LogP contribution is -2.24. The third-order valence-electron chi connectivity index (χ3n) is 3.54. The Morgan fingerprint density at radius 1 is 1.48 bits per heavy atom. The SMILES string of the molecule is CNC(C)Cc1noc(-c2ccc3c(c2)NC(=O)CCS3)n1.Cl. The number of amides is 1. The van der Waals surface area contributed by atoms with Gasteiger partial charge in [-0.25, -0.2) is 0 Å². The lowest BCUT2D eigenvalue weighted by Gasteiger charge is -2.06. The van der Waals surface area contributed by atoms with Crippen molar-refractivity contribution in [1.82, 2.24) is 15.5 Å².